The number of rotatable bonds is 3. The van der Waals surface area contributed by atoms with Crippen molar-refractivity contribution >= 4 is 17.5 Å². The molecule has 0 saturated heterocycles. The van der Waals surface area contributed by atoms with Crippen molar-refractivity contribution in [2.75, 3.05) is 0 Å². The number of benzene rings is 1. The first-order chi connectivity index (χ1) is 10.1. The molecule has 0 unspecified atom stereocenters. The van der Waals surface area contributed by atoms with Gasteiger partial charge in [-0.3, -0.25) is 4.79 Å². The van der Waals surface area contributed by atoms with Crippen molar-refractivity contribution in [3.05, 3.63) is 58.4 Å². The van der Waals surface area contributed by atoms with E-state index in [1.807, 2.05) is 0 Å². The van der Waals surface area contributed by atoms with Crippen LogP contribution >= 0.6 is 11.6 Å². The molecular weight excluding hydrogens is 293 g/mol. The summed E-state index contributed by atoms with van der Waals surface area (Å²) in [5.41, 5.74) is 2.24. The van der Waals surface area contributed by atoms with Crippen LogP contribution in [0.25, 0.3) is 0 Å². The van der Waals surface area contributed by atoms with Gasteiger partial charge in [0.05, 0.1) is 12.2 Å². The minimum absolute atomic E-state index is 0.0349. The van der Waals surface area contributed by atoms with E-state index >= 15 is 0 Å². The highest BCUT2D eigenvalue weighted by molar-refractivity contribution is 6.31. The van der Waals surface area contributed by atoms with Crippen molar-refractivity contribution in [1.82, 2.24) is 14.9 Å². The normalized spacial score (nSPS) is 13.3. The second-order valence-electron chi connectivity index (χ2n) is 4.94. The van der Waals surface area contributed by atoms with E-state index < -0.39 is 0 Å². The summed E-state index contributed by atoms with van der Waals surface area (Å²) in [6.45, 7) is 1.00. The second kappa shape index (κ2) is 5.77. The summed E-state index contributed by atoms with van der Waals surface area (Å²) in [5.74, 6) is -0.404. The lowest BCUT2D eigenvalue weighted by Gasteiger charge is -2.15. The van der Waals surface area contributed by atoms with Gasteiger partial charge < -0.3 is 4.90 Å². The van der Waals surface area contributed by atoms with Gasteiger partial charge in [0.15, 0.2) is 0 Å². The Balaban J connectivity index is 1.64. The van der Waals surface area contributed by atoms with Gasteiger partial charge in [0, 0.05) is 35.3 Å². The van der Waals surface area contributed by atoms with Gasteiger partial charge in [-0.15, -0.1) is 0 Å². The highest BCUT2D eigenvalue weighted by Crippen LogP contribution is 2.23. The first kappa shape index (κ1) is 13.9. The molecule has 1 amide bonds. The summed E-state index contributed by atoms with van der Waals surface area (Å²) in [4.78, 5) is 22.0. The molecule has 0 spiro atoms. The van der Waals surface area contributed by atoms with Crippen molar-refractivity contribution in [1.29, 1.82) is 0 Å². The van der Waals surface area contributed by atoms with Crippen molar-refractivity contribution in [2.24, 2.45) is 0 Å². The van der Waals surface area contributed by atoms with Crippen LogP contribution in [0, 0.1) is 5.82 Å². The van der Waals surface area contributed by atoms with Gasteiger partial charge >= 0.3 is 0 Å². The number of hydrogen-bond donors (Lipinski definition) is 0. The number of aromatic nitrogens is 2. The van der Waals surface area contributed by atoms with Crippen molar-refractivity contribution in [3.63, 3.8) is 0 Å². The molecule has 0 radical (unpaired) electrons. The number of carbonyl (C=O) groups excluding carboxylic acids is 1. The maximum atomic E-state index is 13.7. The predicted molar refractivity (Wildman–Crippen MR) is 76.0 cm³/mol. The molecule has 0 atom stereocenters. The summed E-state index contributed by atoms with van der Waals surface area (Å²) < 4.78 is 13.7. The Kier molecular flexibility index (Phi) is 3.84. The van der Waals surface area contributed by atoms with Crippen LogP contribution in [0.3, 0.4) is 0 Å². The number of halogens is 2. The number of nitrogens with zero attached hydrogens (tertiary/aromatic N) is 3. The topological polar surface area (TPSA) is 46.1 Å². The van der Waals surface area contributed by atoms with E-state index in [0.717, 1.165) is 11.3 Å². The van der Waals surface area contributed by atoms with Crippen LogP contribution in [0.4, 0.5) is 4.39 Å². The third-order valence-corrected chi connectivity index (χ3v) is 3.94. The molecular formula is C15H13ClFN3O. The zero-order valence-corrected chi connectivity index (χ0v) is 12.0. The monoisotopic (exact) mass is 305 g/mol. The number of amides is 1. The molecule has 2 aromatic rings. The van der Waals surface area contributed by atoms with Gasteiger partial charge in [-0.2, -0.15) is 0 Å². The van der Waals surface area contributed by atoms with Crippen LogP contribution in [-0.4, -0.2) is 20.8 Å². The van der Waals surface area contributed by atoms with Crippen LogP contribution in [-0.2, 0) is 24.3 Å². The van der Waals surface area contributed by atoms with Gasteiger partial charge in [0.2, 0.25) is 5.91 Å². The lowest BCUT2D eigenvalue weighted by molar-refractivity contribution is -0.131. The van der Waals surface area contributed by atoms with E-state index in [1.165, 1.54) is 12.4 Å². The molecule has 0 N–H and O–H groups in total. The first-order valence-electron chi connectivity index (χ1n) is 6.63. The lowest BCUT2D eigenvalue weighted by atomic mass is 10.1. The molecule has 0 aliphatic carbocycles. The molecule has 6 heteroatoms. The zero-order chi connectivity index (χ0) is 14.8. The van der Waals surface area contributed by atoms with E-state index in [-0.39, 0.29) is 18.1 Å². The number of fused-ring (bicyclic) bond motifs is 1. The third-order valence-electron chi connectivity index (χ3n) is 3.59. The molecule has 3 rings (SSSR count). The predicted octanol–water partition coefficient (Wildman–Crippen LogP) is 2.74. The molecule has 21 heavy (non-hydrogen) atoms. The molecule has 0 bridgehead atoms. The maximum Gasteiger partial charge on any atom is 0.223 e. The summed E-state index contributed by atoms with van der Waals surface area (Å²) in [6, 6.07) is 4.54. The molecule has 1 aromatic heterocycles. The summed E-state index contributed by atoms with van der Waals surface area (Å²) >= 11 is 5.96. The Morgan fingerprint density at radius 1 is 1.38 bits per heavy atom. The number of carbonyl (C=O) groups is 1. The standard InChI is InChI=1S/C15H13ClFN3O/c16-12-2-1-3-13(17)11(12)4-5-15(21)20-7-10-6-18-9-19-14(10)8-20/h1-3,6,9H,4-5,7-8H2. The Labute approximate surface area is 126 Å². The molecule has 0 saturated carbocycles. The molecule has 1 aliphatic heterocycles. The number of hydrogen-bond acceptors (Lipinski definition) is 3. The SMILES string of the molecule is O=C(CCc1c(F)cccc1Cl)N1Cc2cncnc2C1. The molecule has 1 aromatic carbocycles. The van der Waals surface area contributed by atoms with E-state index in [1.54, 1.807) is 23.2 Å². The molecule has 1 aliphatic rings. The molecule has 108 valence electrons. The van der Waals surface area contributed by atoms with Crippen molar-refractivity contribution in [2.45, 2.75) is 25.9 Å². The summed E-state index contributed by atoms with van der Waals surface area (Å²) in [6.07, 6.45) is 3.72. The molecule has 4 nitrogen and oxygen atoms in total. The van der Waals surface area contributed by atoms with Crippen molar-refractivity contribution in [3.8, 4) is 0 Å². The summed E-state index contributed by atoms with van der Waals surface area (Å²) in [5, 5.41) is 0.360. The smallest absolute Gasteiger partial charge is 0.223 e. The third kappa shape index (κ3) is 2.88. The average Bonchev–Trinajstić information content (AvgIpc) is 2.90. The van der Waals surface area contributed by atoms with Gasteiger partial charge in [-0.25, -0.2) is 14.4 Å². The quantitative estimate of drug-likeness (QED) is 0.876. The highest BCUT2D eigenvalue weighted by Gasteiger charge is 2.24. The zero-order valence-electron chi connectivity index (χ0n) is 11.2. The van der Waals surface area contributed by atoms with Gasteiger partial charge in [-0.05, 0) is 18.6 Å². The molecule has 2 heterocycles. The van der Waals surface area contributed by atoms with E-state index in [9.17, 15) is 9.18 Å². The van der Waals surface area contributed by atoms with Gasteiger partial charge in [0.25, 0.3) is 0 Å². The minimum atomic E-state index is -0.370. The summed E-state index contributed by atoms with van der Waals surface area (Å²) in [7, 11) is 0. The van der Waals surface area contributed by atoms with Crippen LogP contribution < -0.4 is 0 Å². The Morgan fingerprint density at radius 3 is 3.00 bits per heavy atom. The van der Waals surface area contributed by atoms with Crippen molar-refractivity contribution < 1.29 is 9.18 Å². The fourth-order valence-corrected chi connectivity index (χ4v) is 2.70. The second-order valence-corrected chi connectivity index (χ2v) is 5.35. The Morgan fingerprint density at radius 2 is 2.24 bits per heavy atom. The van der Waals surface area contributed by atoms with Crippen LogP contribution in [0.5, 0.6) is 0 Å². The fourth-order valence-electron chi connectivity index (χ4n) is 2.44. The van der Waals surface area contributed by atoms with E-state index in [0.29, 0.717) is 30.1 Å². The van der Waals surface area contributed by atoms with Gasteiger partial charge in [-0.1, -0.05) is 17.7 Å². The van der Waals surface area contributed by atoms with Crippen LogP contribution in [0.15, 0.2) is 30.7 Å². The van der Waals surface area contributed by atoms with E-state index in [4.69, 9.17) is 11.6 Å². The largest absolute Gasteiger partial charge is 0.332 e. The maximum absolute atomic E-state index is 13.7. The average molecular weight is 306 g/mol. The van der Waals surface area contributed by atoms with Crippen LogP contribution in [0.1, 0.15) is 23.2 Å². The minimum Gasteiger partial charge on any atom is -0.332 e. The Hall–Kier alpha value is -2.01. The Bertz CT molecular complexity index is 647. The highest BCUT2D eigenvalue weighted by atomic mass is 35.5. The van der Waals surface area contributed by atoms with Crippen LogP contribution in [0.2, 0.25) is 5.02 Å². The first-order valence-corrected chi connectivity index (χ1v) is 7.01. The fraction of sp³-hybridized carbons (Fsp3) is 0.267. The van der Waals surface area contributed by atoms with E-state index in [2.05, 4.69) is 9.97 Å². The molecule has 0 fully saturated rings. The lowest BCUT2D eigenvalue weighted by Crippen LogP contribution is -2.25. The van der Waals surface area contributed by atoms with Gasteiger partial charge in [0.1, 0.15) is 12.1 Å².